The third kappa shape index (κ3) is 3.80. The van der Waals surface area contributed by atoms with E-state index >= 15 is 0 Å². The summed E-state index contributed by atoms with van der Waals surface area (Å²) in [6, 6.07) is 5.59. The van der Waals surface area contributed by atoms with Gasteiger partial charge in [0, 0.05) is 17.4 Å². The number of carbonyl (C=O) groups excluding carboxylic acids is 1. The van der Waals surface area contributed by atoms with Gasteiger partial charge in [0.2, 0.25) is 0 Å². The molecule has 0 unspecified atom stereocenters. The molecular formula is C14H19BrFNO. The van der Waals surface area contributed by atoms with Crippen LogP contribution in [-0.2, 0) is 0 Å². The van der Waals surface area contributed by atoms with E-state index in [4.69, 9.17) is 0 Å². The molecule has 0 fully saturated rings. The fourth-order valence-electron chi connectivity index (χ4n) is 1.71. The Kier molecular flexibility index (Phi) is 5.79. The van der Waals surface area contributed by atoms with Gasteiger partial charge in [-0.25, -0.2) is 4.39 Å². The molecule has 0 bridgehead atoms. The number of amides is 1. The van der Waals surface area contributed by atoms with Gasteiger partial charge in [-0.15, -0.1) is 0 Å². The smallest absolute Gasteiger partial charge is 0.251 e. The van der Waals surface area contributed by atoms with Crippen LogP contribution in [0.3, 0.4) is 0 Å². The van der Waals surface area contributed by atoms with Gasteiger partial charge in [0.25, 0.3) is 5.91 Å². The van der Waals surface area contributed by atoms with Crippen molar-refractivity contribution in [2.75, 3.05) is 11.9 Å². The van der Waals surface area contributed by atoms with Crippen molar-refractivity contribution in [3.05, 3.63) is 35.6 Å². The zero-order chi connectivity index (χ0) is 13.6. The first-order valence-corrected chi connectivity index (χ1v) is 7.29. The van der Waals surface area contributed by atoms with Gasteiger partial charge < -0.3 is 5.32 Å². The molecule has 0 aromatic heterocycles. The molecule has 2 nitrogen and oxygen atoms in total. The first-order chi connectivity index (χ1) is 8.56. The highest BCUT2D eigenvalue weighted by molar-refractivity contribution is 9.09. The van der Waals surface area contributed by atoms with E-state index in [0.717, 1.165) is 18.2 Å². The van der Waals surface area contributed by atoms with E-state index in [2.05, 4.69) is 35.1 Å². The fraction of sp³-hybridized carbons (Fsp3) is 0.500. The summed E-state index contributed by atoms with van der Waals surface area (Å²) in [5.41, 5.74) is 0.586. The molecule has 0 aliphatic carbocycles. The number of hydrogen-bond donors (Lipinski definition) is 1. The van der Waals surface area contributed by atoms with Crippen molar-refractivity contribution in [2.24, 2.45) is 5.41 Å². The monoisotopic (exact) mass is 315 g/mol. The highest BCUT2D eigenvalue weighted by Crippen LogP contribution is 2.27. The van der Waals surface area contributed by atoms with Crippen LogP contribution in [0.2, 0.25) is 0 Å². The molecule has 100 valence electrons. The normalized spacial score (nSPS) is 11.3. The predicted octanol–water partition coefficient (Wildman–Crippen LogP) is 3.76. The quantitative estimate of drug-likeness (QED) is 0.796. The maximum absolute atomic E-state index is 12.8. The number of benzene rings is 1. The Labute approximate surface area is 116 Å². The molecule has 1 aromatic carbocycles. The van der Waals surface area contributed by atoms with Crippen LogP contribution in [0, 0.1) is 11.2 Å². The molecule has 0 heterocycles. The third-order valence-electron chi connectivity index (χ3n) is 3.51. The lowest BCUT2D eigenvalue weighted by Crippen LogP contribution is -2.38. The van der Waals surface area contributed by atoms with Crippen molar-refractivity contribution in [3.8, 4) is 0 Å². The molecule has 0 radical (unpaired) electrons. The number of halogens is 2. The summed E-state index contributed by atoms with van der Waals surface area (Å²) >= 11 is 3.51. The van der Waals surface area contributed by atoms with Gasteiger partial charge in [-0.05, 0) is 42.5 Å². The molecular weight excluding hydrogens is 297 g/mol. The molecule has 0 spiro atoms. The molecule has 1 N–H and O–H groups in total. The summed E-state index contributed by atoms with van der Waals surface area (Å²) in [6.45, 7) is 4.87. The molecule has 0 atom stereocenters. The van der Waals surface area contributed by atoms with Gasteiger partial charge in [-0.2, -0.15) is 0 Å². The first-order valence-electron chi connectivity index (χ1n) is 6.16. The molecule has 0 aliphatic rings. The standard InChI is InChI=1S/C14H19BrFNO/c1-3-14(4-2,9-15)10-17-13(18)11-5-7-12(16)8-6-11/h5-8H,3-4,9-10H2,1-2H3,(H,17,18). The van der Waals surface area contributed by atoms with Gasteiger partial charge in [-0.1, -0.05) is 29.8 Å². The van der Waals surface area contributed by atoms with E-state index in [0.29, 0.717) is 12.1 Å². The number of hydrogen-bond acceptors (Lipinski definition) is 1. The van der Waals surface area contributed by atoms with Crippen LogP contribution >= 0.6 is 15.9 Å². The Hall–Kier alpha value is -0.900. The number of carbonyl (C=O) groups is 1. The van der Waals surface area contributed by atoms with E-state index < -0.39 is 0 Å². The SMILES string of the molecule is CCC(CC)(CBr)CNC(=O)c1ccc(F)cc1. The Morgan fingerprint density at radius 1 is 1.28 bits per heavy atom. The maximum Gasteiger partial charge on any atom is 0.251 e. The highest BCUT2D eigenvalue weighted by atomic mass is 79.9. The highest BCUT2D eigenvalue weighted by Gasteiger charge is 2.25. The topological polar surface area (TPSA) is 29.1 Å². The fourth-order valence-corrected chi connectivity index (χ4v) is 2.70. The Balaban J connectivity index is 2.63. The molecule has 4 heteroatoms. The van der Waals surface area contributed by atoms with Crippen molar-refractivity contribution >= 4 is 21.8 Å². The second kappa shape index (κ2) is 6.88. The molecule has 1 aromatic rings. The number of nitrogens with one attached hydrogen (secondary N) is 1. The van der Waals surface area contributed by atoms with E-state index in [9.17, 15) is 9.18 Å². The van der Waals surface area contributed by atoms with Crippen LogP contribution in [-0.4, -0.2) is 17.8 Å². The Morgan fingerprint density at radius 3 is 2.28 bits per heavy atom. The number of alkyl halides is 1. The Bertz CT molecular complexity index is 379. The third-order valence-corrected chi connectivity index (χ3v) is 4.70. The van der Waals surface area contributed by atoms with Crippen LogP contribution in [0.15, 0.2) is 24.3 Å². The van der Waals surface area contributed by atoms with Crippen molar-refractivity contribution in [2.45, 2.75) is 26.7 Å². The summed E-state index contributed by atoms with van der Waals surface area (Å²) in [4.78, 5) is 11.9. The molecule has 0 saturated heterocycles. The molecule has 0 saturated carbocycles. The van der Waals surface area contributed by atoms with Gasteiger partial charge in [0.1, 0.15) is 5.82 Å². The van der Waals surface area contributed by atoms with Crippen LogP contribution in [0.4, 0.5) is 4.39 Å². The van der Waals surface area contributed by atoms with E-state index in [1.54, 1.807) is 0 Å². The molecule has 1 amide bonds. The van der Waals surface area contributed by atoms with Gasteiger partial charge >= 0.3 is 0 Å². The average Bonchev–Trinajstić information content (AvgIpc) is 2.41. The summed E-state index contributed by atoms with van der Waals surface area (Å²) in [5.74, 6) is -0.481. The summed E-state index contributed by atoms with van der Waals surface area (Å²) in [6.07, 6.45) is 2.00. The predicted molar refractivity (Wildman–Crippen MR) is 75.5 cm³/mol. The minimum atomic E-state index is -0.330. The zero-order valence-electron chi connectivity index (χ0n) is 10.8. The van der Waals surface area contributed by atoms with E-state index in [1.165, 1.54) is 24.3 Å². The van der Waals surface area contributed by atoms with Crippen LogP contribution in [0.25, 0.3) is 0 Å². The molecule has 1 rings (SSSR count). The lowest BCUT2D eigenvalue weighted by molar-refractivity contribution is 0.0932. The first kappa shape index (κ1) is 15.2. The molecule has 18 heavy (non-hydrogen) atoms. The Morgan fingerprint density at radius 2 is 1.83 bits per heavy atom. The van der Waals surface area contributed by atoms with E-state index in [1.807, 2.05) is 0 Å². The van der Waals surface area contributed by atoms with Crippen LogP contribution < -0.4 is 5.32 Å². The number of rotatable bonds is 6. The van der Waals surface area contributed by atoms with Crippen molar-refractivity contribution in [1.82, 2.24) is 5.32 Å². The van der Waals surface area contributed by atoms with E-state index in [-0.39, 0.29) is 17.1 Å². The average molecular weight is 316 g/mol. The lowest BCUT2D eigenvalue weighted by Gasteiger charge is -2.29. The van der Waals surface area contributed by atoms with Crippen LogP contribution in [0.5, 0.6) is 0 Å². The van der Waals surface area contributed by atoms with Gasteiger partial charge in [0.15, 0.2) is 0 Å². The molecule has 0 aliphatic heterocycles. The summed E-state index contributed by atoms with van der Waals surface area (Å²) in [7, 11) is 0. The minimum Gasteiger partial charge on any atom is -0.351 e. The summed E-state index contributed by atoms with van der Waals surface area (Å²) < 4.78 is 12.8. The van der Waals surface area contributed by atoms with Gasteiger partial charge in [-0.3, -0.25) is 4.79 Å². The van der Waals surface area contributed by atoms with Crippen molar-refractivity contribution < 1.29 is 9.18 Å². The second-order valence-electron chi connectivity index (χ2n) is 4.53. The lowest BCUT2D eigenvalue weighted by atomic mass is 9.84. The van der Waals surface area contributed by atoms with Crippen molar-refractivity contribution in [3.63, 3.8) is 0 Å². The minimum absolute atomic E-state index is 0.0929. The largest absolute Gasteiger partial charge is 0.351 e. The maximum atomic E-state index is 12.8. The van der Waals surface area contributed by atoms with Crippen LogP contribution in [0.1, 0.15) is 37.0 Å². The summed E-state index contributed by atoms with van der Waals surface area (Å²) in [5, 5.41) is 3.78. The van der Waals surface area contributed by atoms with Gasteiger partial charge in [0.05, 0.1) is 0 Å². The second-order valence-corrected chi connectivity index (χ2v) is 5.09. The zero-order valence-corrected chi connectivity index (χ0v) is 12.4. The van der Waals surface area contributed by atoms with Crippen molar-refractivity contribution in [1.29, 1.82) is 0 Å².